The average Bonchev–Trinajstić information content (AvgIpc) is 2.90. The summed E-state index contributed by atoms with van der Waals surface area (Å²) in [5, 5.41) is 20.4. The topological polar surface area (TPSA) is 62.2 Å². The monoisotopic (exact) mass is 316 g/mol. The van der Waals surface area contributed by atoms with Crippen LogP contribution in [-0.2, 0) is 0 Å². The van der Waals surface area contributed by atoms with Gasteiger partial charge < -0.3 is 5.11 Å². The molecule has 0 spiro atoms. The molecule has 5 nitrogen and oxygen atoms in total. The van der Waals surface area contributed by atoms with Crippen molar-refractivity contribution in [1.29, 1.82) is 0 Å². The zero-order valence-corrected chi connectivity index (χ0v) is 13.4. The minimum Gasteiger partial charge on any atom is -0.507 e. The summed E-state index contributed by atoms with van der Waals surface area (Å²) >= 11 is 0. The van der Waals surface area contributed by atoms with Crippen molar-refractivity contribution >= 4 is 27.9 Å². The lowest BCUT2D eigenvalue weighted by molar-refractivity contribution is 0.481. The van der Waals surface area contributed by atoms with E-state index in [9.17, 15) is 5.11 Å². The second-order valence-electron chi connectivity index (χ2n) is 5.76. The molecule has 4 rings (SSSR count). The minimum atomic E-state index is 0.242. The molecule has 24 heavy (non-hydrogen) atoms. The van der Waals surface area contributed by atoms with Crippen LogP contribution < -0.4 is 0 Å². The van der Waals surface area contributed by atoms with E-state index in [1.165, 1.54) is 0 Å². The third-order valence-electron chi connectivity index (χ3n) is 4.12. The Morgan fingerprint density at radius 2 is 1.71 bits per heavy atom. The number of benzene rings is 2. The second kappa shape index (κ2) is 5.45. The number of phenolic OH excluding ortho intramolecular Hbond substituents is 1. The zero-order chi connectivity index (χ0) is 16.7. The predicted octanol–water partition coefficient (Wildman–Crippen LogP) is 5.23. The maximum Gasteiger partial charge on any atom is 0.182 e. The summed E-state index contributed by atoms with van der Waals surface area (Å²) in [6.07, 6.45) is 1.94. The first kappa shape index (κ1) is 14.4. The van der Waals surface area contributed by atoms with Gasteiger partial charge in [-0.25, -0.2) is 4.98 Å². The highest BCUT2D eigenvalue weighted by atomic mass is 16.3. The van der Waals surface area contributed by atoms with E-state index in [2.05, 4.69) is 15.2 Å². The Labute approximate surface area is 138 Å². The number of aryl methyl sites for hydroxylation is 2. The van der Waals surface area contributed by atoms with Crippen molar-refractivity contribution in [3.05, 3.63) is 66.0 Å². The molecule has 0 aliphatic carbocycles. The molecular weight excluding hydrogens is 300 g/mol. The van der Waals surface area contributed by atoms with Crippen LogP contribution in [0.2, 0.25) is 0 Å². The Bertz CT molecular complexity index is 1100. The largest absolute Gasteiger partial charge is 0.507 e. The van der Waals surface area contributed by atoms with Gasteiger partial charge in [0.15, 0.2) is 5.82 Å². The van der Waals surface area contributed by atoms with E-state index < -0.39 is 0 Å². The number of aromatic hydroxyl groups is 1. The fourth-order valence-electron chi connectivity index (χ4n) is 2.89. The number of azo groups is 1. The van der Waals surface area contributed by atoms with E-state index >= 15 is 0 Å². The van der Waals surface area contributed by atoms with Crippen molar-refractivity contribution in [2.24, 2.45) is 10.2 Å². The fourth-order valence-corrected chi connectivity index (χ4v) is 2.89. The van der Waals surface area contributed by atoms with Gasteiger partial charge in [0.2, 0.25) is 0 Å². The van der Waals surface area contributed by atoms with Gasteiger partial charge >= 0.3 is 0 Å². The van der Waals surface area contributed by atoms with Gasteiger partial charge in [0, 0.05) is 17.0 Å². The van der Waals surface area contributed by atoms with E-state index in [-0.39, 0.29) is 5.75 Å². The molecule has 0 bridgehead atoms. The maximum atomic E-state index is 9.98. The lowest BCUT2D eigenvalue weighted by Gasteiger charge is -2.03. The molecule has 5 heteroatoms. The first-order valence-corrected chi connectivity index (χ1v) is 7.72. The molecule has 4 aromatic rings. The van der Waals surface area contributed by atoms with Gasteiger partial charge in [0.05, 0.1) is 11.4 Å². The molecular formula is C19H16N4O. The molecule has 0 unspecified atom stereocenters. The smallest absolute Gasteiger partial charge is 0.182 e. The fraction of sp³-hybridized carbons (Fsp3) is 0.105. The van der Waals surface area contributed by atoms with E-state index in [1.807, 2.05) is 60.8 Å². The molecule has 1 N–H and O–H groups in total. The molecule has 0 saturated carbocycles. The molecule has 0 amide bonds. The molecule has 0 saturated heterocycles. The summed E-state index contributed by atoms with van der Waals surface area (Å²) in [5.41, 5.74) is 3.53. The Morgan fingerprint density at radius 3 is 2.58 bits per heavy atom. The van der Waals surface area contributed by atoms with Crippen molar-refractivity contribution in [2.75, 3.05) is 0 Å². The highest BCUT2D eigenvalue weighted by Crippen LogP contribution is 2.33. The summed E-state index contributed by atoms with van der Waals surface area (Å²) in [5.74, 6) is 0.956. The number of imidazole rings is 1. The molecule has 0 fully saturated rings. The summed E-state index contributed by atoms with van der Waals surface area (Å²) in [4.78, 5) is 4.57. The third kappa shape index (κ3) is 2.22. The Hall–Kier alpha value is -3.21. The van der Waals surface area contributed by atoms with Crippen LogP contribution in [0.4, 0.5) is 11.5 Å². The molecule has 2 aromatic heterocycles. The maximum absolute atomic E-state index is 9.98. The van der Waals surface area contributed by atoms with Crippen molar-refractivity contribution in [2.45, 2.75) is 13.8 Å². The molecule has 0 atom stereocenters. The number of fused-ring (bicyclic) bond motifs is 2. The molecule has 0 aliphatic heterocycles. The van der Waals surface area contributed by atoms with Gasteiger partial charge in [-0.15, -0.1) is 10.2 Å². The summed E-state index contributed by atoms with van der Waals surface area (Å²) in [6, 6.07) is 15.0. The summed E-state index contributed by atoms with van der Waals surface area (Å²) in [6.45, 7) is 3.95. The van der Waals surface area contributed by atoms with Crippen molar-refractivity contribution in [3.8, 4) is 5.75 Å². The van der Waals surface area contributed by atoms with Crippen LogP contribution in [-0.4, -0.2) is 14.5 Å². The lowest BCUT2D eigenvalue weighted by Crippen LogP contribution is -1.85. The van der Waals surface area contributed by atoms with Crippen LogP contribution in [0.15, 0.2) is 65.0 Å². The number of hydrogen-bond donors (Lipinski definition) is 1. The molecule has 118 valence electrons. The SMILES string of the molecule is Cc1nc2c(C)cccn2c1N=Nc1cccc2c(O)cccc12. The second-order valence-corrected chi connectivity index (χ2v) is 5.76. The summed E-state index contributed by atoms with van der Waals surface area (Å²) < 4.78 is 1.94. The van der Waals surface area contributed by atoms with Crippen molar-refractivity contribution in [1.82, 2.24) is 9.38 Å². The van der Waals surface area contributed by atoms with Crippen LogP contribution in [0, 0.1) is 13.8 Å². The van der Waals surface area contributed by atoms with Gasteiger partial charge in [-0.1, -0.05) is 30.3 Å². The van der Waals surface area contributed by atoms with E-state index in [1.54, 1.807) is 12.1 Å². The standard InChI is InChI=1S/C19H16N4O/c1-12-6-5-11-23-18(12)20-13(2)19(23)22-21-16-9-3-8-15-14(16)7-4-10-17(15)24/h3-11,24H,1-2H3. The molecule has 0 radical (unpaired) electrons. The van der Waals surface area contributed by atoms with E-state index in [0.29, 0.717) is 11.5 Å². The number of phenols is 1. The Kier molecular flexibility index (Phi) is 3.27. The van der Waals surface area contributed by atoms with Gasteiger partial charge in [-0.05, 0) is 37.6 Å². The molecule has 0 aliphatic rings. The van der Waals surface area contributed by atoms with Crippen molar-refractivity contribution in [3.63, 3.8) is 0 Å². The van der Waals surface area contributed by atoms with Gasteiger partial charge in [-0.2, -0.15) is 0 Å². The van der Waals surface area contributed by atoms with Crippen LogP contribution in [0.25, 0.3) is 16.4 Å². The Balaban J connectivity index is 1.86. The van der Waals surface area contributed by atoms with Gasteiger partial charge in [0.1, 0.15) is 11.4 Å². The average molecular weight is 316 g/mol. The van der Waals surface area contributed by atoms with E-state index in [0.717, 1.165) is 27.7 Å². The number of rotatable bonds is 2. The number of aromatic nitrogens is 2. The molecule has 2 aromatic carbocycles. The van der Waals surface area contributed by atoms with Crippen LogP contribution in [0.3, 0.4) is 0 Å². The number of hydrogen-bond acceptors (Lipinski definition) is 4. The van der Waals surface area contributed by atoms with E-state index in [4.69, 9.17) is 0 Å². The third-order valence-corrected chi connectivity index (χ3v) is 4.12. The lowest BCUT2D eigenvalue weighted by atomic mass is 10.1. The first-order valence-electron chi connectivity index (χ1n) is 7.72. The van der Waals surface area contributed by atoms with Crippen LogP contribution >= 0.6 is 0 Å². The summed E-state index contributed by atoms with van der Waals surface area (Å²) in [7, 11) is 0. The van der Waals surface area contributed by atoms with Crippen LogP contribution in [0.5, 0.6) is 5.75 Å². The Morgan fingerprint density at radius 1 is 0.917 bits per heavy atom. The molecule has 2 heterocycles. The zero-order valence-electron chi connectivity index (χ0n) is 13.4. The highest BCUT2D eigenvalue weighted by molar-refractivity contribution is 5.96. The normalized spacial score (nSPS) is 11.8. The first-order chi connectivity index (χ1) is 11.6. The van der Waals surface area contributed by atoms with Crippen molar-refractivity contribution < 1.29 is 5.11 Å². The quantitative estimate of drug-likeness (QED) is 0.515. The predicted molar refractivity (Wildman–Crippen MR) is 94.5 cm³/mol. The van der Waals surface area contributed by atoms with Crippen LogP contribution in [0.1, 0.15) is 11.3 Å². The van der Waals surface area contributed by atoms with Gasteiger partial charge in [-0.3, -0.25) is 4.40 Å². The minimum absolute atomic E-state index is 0.242. The highest BCUT2D eigenvalue weighted by Gasteiger charge is 2.10. The number of pyridine rings is 1. The number of nitrogens with zero attached hydrogens (tertiary/aromatic N) is 4. The van der Waals surface area contributed by atoms with Gasteiger partial charge in [0.25, 0.3) is 0 Å².